The lowest BCUT2D eigenvalue weighted by Gasteiger charge is -2.20. The predicted molar refractivity (Wildman–Crippen MR) is 78.6 cm³/mol. The number of hydrogen-bond acceptors (Lipinski definition) is 3. The highest BCUT2D eigenvalue weighted by molar-refractivity contribution is 5.88. The molecule has 3 nitrogen and oxygen atoms in total. The first-order valence-corrected chi connectivity index (χ1v) is 6.74. The van der Waals surface area contributed by atoms with E-state index in [9.17, 15) is 5.11 Å². The van der Waals surface area contributed by atoms with Gasteiger partial charge in [0, 0.05) is 11.4 Å². The van der Waals surface area contributed by atoms with E-state index in [-0.39, 0.29) is 6.04 Å². The summed E-state index contributed by atoms with van der Waals surface area (Å²) in [5.74, 6) is 0.820. The SMILES string of the molecule is CCNC(C)C(O)COc1cccc2ccccc12. The smallest absolute Gasteiger partial charge is 0.127 e. The van der Waals surface area contributed by atoms with Crippen LogP contribution in [0.2, 0.25) is 0 Å². The first kappa shape index (κ1) is 13.8. The average Bonchev–Trinajstić information content (AvgIpc) is 2.45. The summed E-state index contributed by atoms with van der Waals surface area (Å²) >= 11 is 0. The van der Waals surface area contributed by atoms with Crippen LogP contribution >= 0.6 is 0 Å². The highest BCUT2D eigenvalue weighted by Gasteiger charge is 2.14. The van der Waals surface area contributed by atoms with Crippen LogP contribution in [-0.4, -0.2) is 30.4 Å². The Morgan fingerprint density at radius 2 is 1.89 bits per heavy atom. The highest BCUT2D eigenvalue weighted by Crippen LogP contribution is 2.25. The predicted octanol–water partition coefficient (Wildman–Crippen LogP) is 2.58. The van der Waals surface area contributed by atoms with Crippen molar-refractivity contribution in [3.8, 4) is 5.75 Å². The van der Waals surface area contributed by atoms with Gasteiger partial charge in [0.2, 0.25) is 0 Å². The summed E-state index contributed by atoms with van der Waals surface area (Å²) in [6.45, 7) is 5.12. The number of benzene rings is 2. The molecule has 102 valence electrons. The van der Waals surface area contributed by atoms with Gasteiger partial charge in [0.05, 0.1) is 0 Å². The normalized spacial score (nSPS) is 14.3. The van der Waals surface area contributed by atoms with E-state index in [4.69, 9.17) is 4.74 Å². The number of rotatable bonds is 6. The van der Waals surface area contributed by atoms with Crippen LogP contribution in [0.15, 0.2) is 42.5 Å². The molecule has 0 saturated heterocycles. The maximum Gasteiger partial charge on any atom is 0.127 e. The second kappa shape index (κ2) is 6.55. The van der Waals surface area contributed by atoms with E-state index in [1.54, 1.807) is 0 Å². The van der Waals surface area contributed by atoms with Gasteiger partial charge in [-0.3, -0.25) is 0 Å². The minimum atomic E-state index is -0.515. The summed E-state index contributed by atoms with van der Waals surface area (Å²) in [6, 6.07) is 14.1. The highest BCUT2D eigenvalue weighted by atomic mass is 16.5. The summed E-state index contributed by atoms with van der Waals surface area (Å²) in [4.78, 5) is 0. The maximum atomic E-state index is 9.99. The van der Waals surface area contributed by atoms with Crippen LogP contribution in [0.3, 0.4) is 0 Å². The second-order valence-corrected chi connectivity index (χ2v) is 4.70. The summed E-state index contributed by atoms with van der Waals surface area (Å²) < 4.78 is 5.76. The van der Waals surface area contributed by atoms with Crippen LogP contribution in [-0.2, 0) is 0 Å². The van der Waals surface area contributed by atoms with Crippen molar-refractivity contribution in [2.75, 3.05) is 13.2 Å². The molecule has 0 saturated carbocycles. The van der Waals surface area contributed by atoms with Crippen molar-refractivity contribution in [3.05, 3.63) is 42.5 Å². The molecule has 0 bridgehead atoms. The summed E-state index contributed by atoms with van der Waals surface area (Å²) in [5, 5.41) is 15.4. The van der Waals surface area contributed by atoms with Crippen molar-refractivity contribution in [1.82, 2.24) is 5.32 Å². The Kier molecular flexibility index (Phi) is 4.77. The van der Waals surface area contributed by atoms with Crippen molar-refractivity contribution >= 4 is 10.8 Å². The van der Waals surface area contributed by atoms with Crippen LogP contribution in [0.1, 0.15) is 13.8 Å². The van der Waals surface area contributed by atoms with Gasteiger partial charge in [-0.15, -0.1) is 0 Å². The lowest BCUT2D eigenvalue weighted by atomic mass is 10.1. The summed E-state index contributed by atoms with van der Waals surface area (Å²) in [7, 11) is 0. The third kappa shape index (κ3) is 3.46. The molecule has 3 heteroatoms. The van der Waals surface area contributed by atoms with Gasteiger partial charge in [0.1, 0.15) is 18.5 Å². The molecule has 0 fully saturated rings. The Labute approximate surface area is 114 Å². The van der Waals surface area contributed by atoms with Gasteiger partial charge in [-0.1, -0.05) is 43.3 Å². The zero-order chi connectivity index (χ0) is 13.7. The van der Waals surface area contributed by atoms with E-state index in [1.807, 2.05) is 44.2 Å². The molecule has 0 aliphatic rings. The lowest BCUT2D eigenvalue weighted by Crippen LogP contribution is -2.40. The van der Waals surface area contributed by atoms with Crippen molar-refractivity contribution in [1.29, 1.82) is 0 Å². The van der Waals surface area contributed by atoms with Crippen LogP contribution in [0, 0.1) is 0 Å². The van der Waals surface area contributed by atoms with Crippen molar-refractivity contribution in [2.45, 2.75) is 26.0 Å². The van der Waals surface area contributed by atoms with Crippen LogP contribution in [0.25, 0.3) is 10.8 Å². The van der Waals surface area contributed by atoms with Gasteiger partial charge in [-0.2, -0.15) is 0 Å². The van der Waals surface area contributed by atoms with Crippen molar-refractivity contribution in [3.63, 3.8) is 0 Å². The molecule has 2 rings (SSSR count). The van der Waals surface area contributed by atoms with E-state index in [0.717, 1.165) is 23.1 Å². The van der Waals surface area contributed by atoms with Gasteiger partial charge >= 0.3 is 0 Å². The molecule has 0 spiro atoms. The number of aliphatic hydroxyl groups is 1. The van der Waals surface area contributed by atoms with Crippen LogP contribution < -0.4 is 10.1 Å². The van der Waals surface area contributed by atoms with E-state index < -0.39 is 6.10 Å². The minimum absolute atomic E-state index is 0.0278. The number of aliphatic hydroxyl groups excluding tert-OH is 1. The average molecular weight is 259 g/mol. The molecular weight excluding hydrogens is 238 g/mol. The molecule has 0 radical (unpaired) electrons. The molecule has 19 heavy (non-hydrogen) atoms. The van der Waals surface area contributed by atoms with E-state index in [0.29, 0.717) is 6.61 Å². The first-order valence-electron chi connectivity index (χ1n) is 6.74. The molecule has 2 aromatic carbocycles. The van der Waals surface area contributed by atoms with Gasteiger partial charge in [-0.05, 0) is 24.9 Å². The Bertz CT molecular complexity index is 522. The molecule has 0 aromatic heterocycles. The van der Waals surface area contributed by atoms with Gasteiger partial charge in [0.25, 0.3) is 0 Å². The molecule has 0 aliphatic carbocycles. The fourth-order valence-electron chi connectivity index (χ4n) is 2.10. The standard InChI is InChI=1S/C16H21NO2/c1-3-17-12(2)15(18)11-19-16-10-6-8-13-7-4-5-9-14(13)16/h4-10,12,15,17-18H,3,11H2,1-2H3. The molecule has 2 unspecified atom stereocenters. The Balaban J connectivity index is 2.05. The zero-order valence-corrected chi connectivity index (χ0v) is 11.5. The minimum Gasteiger partial charge on any atom is -0.490 e. The topological polar surface area (TPSA) is 41.5 Å². The van der Waals surface area contributed by atoms with Gasteiger partial charge in [-0.25, -0.2) is 0 Å². The molecule has 0 aliphatic heterocycles. The monoisotopic (exact) mass is 259 g/mol. The summed E-state index contributed by atoms with van der Waals surface area (Å²) in [6.07, 6.45) is -0.515. The molecule has 2 N–H and O–H groups in total. The van der Waals surface area contributed by atoms with Gasteiger partial charge in [0.15, 0.2) is 0 Å². The van der Waals surface area contributed by atoms with E-state index in [1.165, 1.54) is 0 Å². The fraction of sp³-hybridized carbons (Fsp3) is 0.375. The third-order valence-corrected chi connectivity index (χ3v) is 3.26. The number of nitrogens with one attached hydrogen (secondary N) is 1. The molecular formula is C16H21NO2. The Morgan fingerprint density at radius 1 is 1.16 bits per heavy atom. The molecule has 0 heterocycles. The van der Waals surface area contributed by atoms with E-state index >= 15 is 0 Å². The fourth-order valence-corrected chi connectivity index (χ4v) is 2.10. The number of fused-ring (bicyclic) bond motifs is 1. The maximum absolute atomic E-state index is 9.99. The molecule has 0 amide bonds. The van der Waals surface area contributed by atoms with E-state index in [2.05, 4.69) is 17.4 Å². The molecule has 2 atom stereocenters. The number of hydrogen-bond donors (Lipinski definition) is 2. The lowest BCUT2D eigenvalue weighted by molar-refractivity contribution is 0.0799. The van der Waals surface area contributed by atoms with Crippen molar-refractivity contribution in [2.24, 2.45) is 0 Å². The van der Waals surface area contributed by atoms with Gasteiger partial charge < -0.3 is 15.2 Å². The first-order chi connectivity index (χ1) is 9.22. The Hall–Kier alpha value is -1.58. The Morgan fingerprint density at radius 3 is 2.68 bits per heavy atom. The van der Waals surface area contributed by atoms with Crippen LogP contribution in [0.4, 0.5) is 0 Å². The largest absolute Gasteiger partial charge is 0.490 e. The number of likely N-dealkylation sites (N-methyl/N-ethyl adjacent to an activating group) is 1. The zero-order valence-electron chi connectivity index (χ0n) is 11.5. The number of ether oxygens (including phenoxy) is 1. The summed E-state index contributed by atoms with van der Waals surface area (Å²) in [5.41, 5.74) is 0. The molecule has 2 aromatic rings. The second-order valence-electron chi connectivity index (χ2n) is 4.70. The third-order valence-electron chi connectivity index (χ3n) is 3.26. The van der Waals surface area contributed by atoms with Crippen molar-refractivity contribution < 1.29 is 9.84 Å². The van der Waals surface area contributed by atoms with Crippen LogP contribution in [0.5, 0.6) is 5.75 Å². The quantitative estimate of drug-likeness (QED) is 0.838.